The number of carbonyl (C=O) groups is 3. The minimum absolute atomic E-state index is 0.117. The standard InChI is InChI=1S/C23H21N5O4/c29-19(13-28-12-18(25-22(28)32)14-4-2-1-3-5-14)24-17-7-6-16-11-23(9-8-15(16)10-17)20(30)26-21(31)27-23/h1-7,10,12H,8-9,11,13H2,(H,24,29)(H,25,32)(H2,26,27,30,31). The Bertz CT molecular complexity index is 1290. The smallest absolute Gasteiger partial charge is 0.325 e. The number of imidazole rings is 1. The predicted octanol–water partition coefficient (Wildman–Crippen LogP) is 1.55. The third kappa shape index (κ3) is 3.58. The molecule has 2 aliphatic rings. The van der Waals surface area contributed by atoms with Crippen molar-refractivity contribution in [3.05, 3.63) is 76.3 Å². The molecule has 4 N–H and O–H groups in total. The van der Waals surface area contributed by atoms with E-state index in [-0.39, 0.29) is 24.0 Å². The maximum Gasteiger partial charge on any atom is 0.326 e. The summed E-state index contributed by atoms with van der Waals surface area (Å²) < 4.78 is 1.33. The lowest BCUT2D eigenvalue weighted by molar-refractivity contribution is -0.124. The Morgan fingerprint density at radius 2 is 1.88 bits per heavy atom. The van der Waals surface area contributed by atoms with E-state index in [0.717, 1.165) is 16.7 Å². The summed E-state index contributed by atoms with van der Waals surface area (Å²) in [5.41, 5.74) is 2.87. The van der Waals surface area contributed by atoms with Crippen LogP contribution in [0.25, 0.3) is 11.3 Å². The van der Waals surface area contributed by atoms with Gasteiger partial charge < -0.3 is 15.6 Å². The highest BCUT2D eigenvalue weighted by Crippen LogP contribution is 2.32. The maximum absolute atomic E-state index is 12.5. The summed E-state index contributed by atoms with van der Waals surface area (Å²) in [6.45, 7) is -0.117. The predicted molar refractivity (Wildman–Crippen MR) is 117 cm³/mol. The summed E-state index contributed by atoms with van der Waals surface area (Å²) in [5, 5.41) is 7.89. The second kappa shape index (κ2) is 7.52. The van der Waals surface area contributed by atoms with Crippen molar-refractivity contribution in [2.24, 2.45) is 0 Å². The molecule has 1 aliphatic heterocycles. The van der Waals surface area contributed by atoms with Crippen LogP contribution in [-0.2, 0) is 29.0 Å². The lowest BCUT2D eigenvalue weighted by Gasteiger charge is -2.32. The molecule has 3 aromatic rings. The minimum Gasteiger partial charge on any atom is -0.325 e. The molecule has 1 aliphatic carbocycles. The molecule has 0 bridgehead atoms. The van der Waals surface area contributed by atoms with Gasteiger partial charge in [-0.25, -0.2) is 9.59 Å². The molecule has 1 fully saturated rings. The van der Waals surface area contributed by atoms with Crippen LogP contribution in [0.2, 0.25) is 0 Å². The first-order valence-corrected chi connectivity index (χ1v) is 10.3. The molecule has 0 radical (unpaired) electrons. The van der Waals surface area contributed by atoms with Gasteiger partial charge in [0.25, 0.3) is 5.91 Å². The van der Waals surface area contributed by atoms with Crippen LogP contribution in [0.4, 0.5) is 10.5 Å². The first kappa shape index (κ1) is 19.8. The second-order valence-corrected chi connectivity index (χ2v) is 8.17. The molecule has 1 unspecified atom stereocenters. The van der Waals surface area contributed by atoms with Gasteiger partial charge in [0.2, 0.25) is 5.91 Å². The van der Waals surface area contributed by atoms with Crippen LogP contribution in [0, 0.1) is 0 Å². The number of nitrogens with one attached hydrogen (secondary N) is 4. The highest BCUT2D eigenvalue weighted by Gasteiger charge is 2.47. The fourth-order valence-electron chi connectivity index (χ4n) is 4.37. The number of aromatic amines is 1. The van der Waals surface area contributed by atoms with E-state index in [1.807, 2.05) is 42.5 Å². The first-order valence-electron chi connectivity index (χ1n) is 10.3. The van der Waals surface area contributed by atoms with Crippen molar-refractivity contribution < 1.29 is 14.4 Å². The summed E-state index contributed by atoms with van der Waals surface area (Å²) in [4.78, 5) is 51.3. The van der Waals surface area contributed by atoms with E-state index < -0.39 is 11.6 Å². The number of hydrogen-bond donors (Lipinski definition) is 4. The third-order valence-corrected chi connectivity index (χ3v) is 6.00. The van der Waals surface area contributed by atoms with Crippen molar-refractivity contribution in [3.63, 3.8) is 0 Å². The van der Waals surface area contributed by atoms with Gasteiger partial charge in [-0.1, -0.05) is 36.4 Å². The Kier molecular flexibility index (Phi) is 4.66. The van der Waals surface area contributed by atoms with Crippen LogP contribution in [0.15, 0.2) is 59.5 Å². The summed E-state index contributed by atoms with van der Waals surface area (Å²) in [5.74, 6) is -0.613. The van der Waals surface area contributed by atoms with E-state index in [4.69, 9.17) is 0 Å². The molecule has 4 amide bonds. The Hall–Kier alpha value is -4.14. The molecule has 2 heterocycles. The largest absolute Gasteiger partial charge is 0.326 e. The van der Waals surface area contributed by atoms with Gasteiger partial charge in [0.1, 0.15) is 12.1 Å². The number of urea groups is 1. The van der Waals surface area contributed by atoms with Crippen molar-refractivity contribution in [1.82, 2.24) is 20.2 Å². The number of carbonyl (C=O) groups excluding carboxylic acids is 3. The van der Waals surface area contributed by atoms with E-state index in [0.29, 0.717) is 30.6 Å². The number of fused-ring (bicyclic) bond motifs is 1. The van der Waals surface area contributed by atoms with Crippen LogP contribution >= 0.6 is 0 Å². The fraction of sp³-hybridized carbons (Fsp3) is 0.217. The molecular weight excluding hydrogens is 410 g/mol. The zero-order valence-corrected chi connectivity index (χ0v) is 17.1. The van der Waals surface area contributed by atoms with Gasteiger partial charge >= 0.3 is 11.7 Å². The molecule has 1 saturated heterocycles. The van der Waals surface area contributed by atoms with Gasteiger partial charge in [-0.15, -0.1) is 0 Å². The van der Waals surface area contributed by atoms with Gasteiger partial charge in [0.15, 0.2) is 0 Å². The first-order chi connectivity index (χ1) is 15.4. The number of hydrogen-bond acceptors (Lipinski definition) is 4. The van der Waals surface area contributed by atoms with E-state index in [1.54, 1.807) is 12.3 Å². The molecule has 1 atom stereocenters. The molecule has 9 nitrogen and oxygen atoms in total. The Morgan fingerprint density at radius 3 is 2.62 bits per heavy atom. The van der Waals surface area contributed by atoms with E-state index in [2.05, 4.69) is 20.9 Å². The number of imide groups is 1. The molecule has 9 heteroatoms. The molecule has 1 spiro atoms. The van der Waals surface area contributed by atoms with Gasteiger partial charge in [0.05, 0.1) is 5.69 Å². The number of anilines is 1. The van der Waals surface area contributed by atoms with Crippen LogP contribution < -0.4 is 21.6 Å². The monoisotopic (exact) mass is 431 g/mol. The fourth-order valence-corrected chi connectivity index (χ4v) is 4.37. The van der Waals surface area contributed by atoms with Crippen LogP contribution in [0.1, 0.15) is 17.5 Å². The summed E-state index contributed by atoms with van der Waals surface area (Å²) in [6, 6.07) is 14.5. The molecule has 32 heavy (non-hydrogen) atoms. The van der Waals surface area contributed by atoms with Crippen LogP contribution in [-0.4, -0.2) is 32.9 Å². The molecule has 162 valence electrons. The molecule has 5 rings (SSSR count). The highest BCUT2D eigenvalue weighted by atomic mass is 16.2. The summed E-state index contributed by atoms with van der Waals surface area (Å²) in [6.07, 6.45) is 3.14. The highest BCUT2D eigenvalue weighted by molar-refractivity contribution is 6.07. The number of aryl methyl sites for hydroxylation is 1. The third-order valence-electron chi connectivity index (χ3n) is 6.00. The number of aromatic nitrogens is 2. The van der Waals surface area contributed by atoms with Crippen molar-refractivity contribution in [3.8, 4) is 11.3 Å². The topological polar surface area (TPSA) is 125 Å². The second-order valence-electron chi connectivity index (χ2n) is 8.17. The number of nitrogens with zero attached hydrogens (tertiary/aromatic N) is 1. The van der Waals surface area contributed by atoms with Crippen molar-refractivity contribution >= 4 is 23.5 Å². The van der Waals surface area contributed by atoms with Crippen molar-refractivity contribution in [2.75, 3.05) is 5.32 Å². The normalized spacial score (nSPS) is 19.4. The number of amides is 4. The number of H-pyrrole nitrogens is 1. The average molecular weight is 431 g/mol. The van der Waals surface area contributed by atoms with Gasteiger partial charge in [-0.3, -0.25) is 19.5 Å². The van der Waals surface area contributed by atoms with Crippen LogP contribution in [0.3, 0.4) is 0 Å². The van der Waals surface area contributed by atoms with Crippen molar-refractivity contribution in [1.29, 1.82) is 0 Å². The van der Waals surface area contributed by atoms with Gasteiger partial charge in [0, 0.05) is 18.3 Å². The molecule has 0 saturated carbocycles. The van der Waals surface area contributed by atoms with Crippen molar-refractivity contribution in [2.45, 2.75) is 31.3 Å². The average Bonchev–Trinajstić information content (AvgIpc) is 3.27. The lowest BCUT2D eigenvalue weighted by atomic mass is 9.78. The van der Waals surface area contributed by atoms with Crippen LogP contribution in [0.5, 0.6) is 0 Å². The Labute approximate surface area is 182 Å². The Morgan fingerprint density at radius 1 is 1.06 bits per heavy atom. The number of benzene rings is 2. The zero-order valence-electron chi connectivity index (χ0n) is 17.1. The summed E-state index contributed by atoms with van der Waals surface area (Å²) in [7, 11) is 0. The van der Waals surface area contributed by atoms with Gasteiger partial charge in [-0.2, -0.15) is 0 Å². The van der Waals surface area contributed by atoms with E-state index in [1.165, 1.54) is 4.57 Å². The van der Waals surface area contributed by atoms with Gasteiger partial charge in [-0.05, 0) is 41.7 Å². The van der Waals surface area contributed by atoms with E-state index in [9.17, 15) is 19.2 Å². The maximum atomic E-state index is 12.5. The molecule has 1 aromatic heterocycles. The molecule has 2 aromatic carbocycles. The zero-order chi connectivity index (χ0) is 22.3. The lowest BCUT2D eigenvalue weighted by Crippen LogP contribution is -2.51. The minimum atomic E-state index is -0.888. The SMILES string of the molecule is O=C(Cn1cc(-c2ccccc2)[nH]c1=O)Nc1ccc2c(c1)CCC1(C2)NC(=O)NC1=O. The Balaban J connectivity index is 1.27. The summed E-state index contributed by atoms with van der Waals surface area (Å²) >= 11 is 0. The number of rotatable bonds is 4. The quantitative estimate of drug-likeness (QED) is 0.468. The molecular formula is C23H21N5O4. The van der Waals surface area contributed by atoms with E-state index >= 15 is 0 Å².